The summed E-state index contributed by atoms with van der Waals surface area (Å²) in [5.41, 5.74) is 1.51. The van der Waals surface area contributed by atoms with Gasteiger partial charge in [0.1, 0.15) is 5.75 Å². The lowest BCUT2D eigenvalue weighted by molar-refractivity contribution is 0.413. The van der Waals surface area contributed by atoms with Crippen LogP contribution in [0, 0.1) is 4.77 Å². The van der Waals surface area contributed by atoms with E-state index in [9.17, 15) is 0 Å². The highest BCUT2D eigenvalue weighted by atomic mass is 35.5. The van der Waals surface area contributed by atoms with Gasteiger partial charge in [0, 0.05) is 10.6 Å². The second kappa shape index (κ2) is 6.12. The van der Waals surface area contributed by atoms with Gasteiger partial charge in [-0.15, -0.1) is 0 Å². The molecule has 0 unspecified atom stereocenters. The molecule has 0 aliphatic carbocycles. The van der Waals surface area contributed by atoms with E-state index in [1.807, 2.05) is 30.3 Å². The summed E-state index contributed by atoms with van der Waals surface area (Å²) in [6.45, 7) is 0. The molecule has 1 heterocycles. The summed E-state index contributed by atoms with van der Waals surface area (Å²) in [5, 5.41) is 8.15. The van der Waals surface area contributed by atoms with Crippen molar-refractivity contribution < 1.29 is 4.74 Å². The number of H-pyrrole nitrogens is 1. The molecule has 0 radical (unpaired) electrons. The van der Waals surface area contributed by atoms with Gasteiger partial charge in [-0.3, -0.25) is 9.67 Å². The Morgan fingerprint density at radius 3 is 2.68 bits per heavy atom. The molecular weight excluding hydrogens is 341 g/mol. The van der Waals surface area contributed by atoms with Gasteiger partial charge in [-0.1, -0.05) is 35.3 Å². The quantitative estimate of drug-likeness (QED) is 0.681. The van der Waals surface area contributed by atoms with Crippen molar-refractivity contribution in [3.05, 3.63) is 57.3 Å². The third-order valence-electron chi connectivity index (χ3n) is 3.17. The van der Waals surface area contributed by atoms with Crippen LogP contribution in [0.5, 0.6) is 5.75 Å². The highest BCUT2D eigenvalue weighted by molar-refractivity contribution is 7.71. The van der Waals surface area contributed by atoms with Crippen molar-refractivity contribution in [3.8, 4) is 22.8 Å². The SMILES string of the molecule is COc1ccccc1-n1c(-c2ccc(Cl)cc2Cl)n[nH]c1=S. The van der Waals surface area contributed by atoms with E-state index in [1.54, 1.807) is 23.8 Å². The molecule has 0 fully saturated rings. The molecule has 0 saturated carbocycles. The molecule has 3 aromatic rings. The zero-order valence-electron chi connectivity index (χ0n) is 11.5. The zero-order chi connectivity index (χ0) is 15.7. The minimum absolute atomic E-state index is 0.450. The molecule has 7 heteroatoms. The van der Waals surface area contributed by atoms with Crippen LogP contribution >= 0.6 is 35.4 Å². The first kappa shape index (κ1) is 15.1. The summed E-state index contributed by atoms with van der Waals surface area (Å²) in [4.78, 5) is 0. The van der Waals surface area contributed by atoms with Gasteiger partial charge in [0.25, 0.3) is 0 Å². The van der Waals surface area contributed by atoms with Gasteiger partial charge in [0.2, 0.25) is 0 Å². The van der Waals surface area contributed by atoms with Gasteiger partial charge < -0.3 is 4.74 Å². The number of aromatic nitrogens is 3. The van der Waals surface area contributed by atoms with Crippen molar-refractivity contribution in [1.29, 1.82) is 0 Å². The maximum absolute atomic E-state index is 6.29. The van der Waals surface area contributed by atoms with Crippen LogP contribution in [0.1, 0.15) is 0 Å². The van der Waals surface area contributed by atoms with Crippen LogP contribution < -0.4 is 4.74 Å². The number of benzene rings is 2. The van der Waals surface area contributed by atoms with Gasteiger partial charge in [-0.2, -0.15) is 5.10 Å². The molecule has 1 N–H and O–H groups in total. The number of nitrogens with zero attached hydrogens (tertiary/aromatic N) is 2. The van der Waals surface area contributed by atoms with E-state index in [0.717, 1.165) is 11.3 Å². The van der Waals surface area contributed by atoms with E-state index in [4.69, 9.17) is 40.2 Å². The van der Waals surface area contributed by atoms with E-state index in [0.29, 0.717) is 26.4 Å². The predicted octanol–water partition coefficient (Wildman–Crippen LogP) is 4.91. The van der Waals surface area contributed by atoms with Crippen LogP contribution in [0.2, 0.25) is 10.0 Å². The van der Waals surface area contributed by atoms with Crippen molar-refractivity contribution in [3.63, 3.8) is 0 Å². The Bertz CT molecular complexity index is 888. The second-order valence-electron chi connectivity index (χ2n) is 4.48. The molecule has 0 amide bonds. The number of nitrogens with one attached hydrogen (secondary N) is 1. The third-order valence-corrected chi connectivity index (χ3v) is 3.99. The molecule has 0 saturated heterocycles. The highest BCUT2D eigenvalue weighted by Gasteiger charge is 2.16. The Morgan fingerprint density at radius 1 is 1.18 bits per heavy atom. The smallest absolute Gasteiger partial charge is 0.200 e. The highest BCUT2D eigenvalue weighted by Crippen LogP contribution is 2.32. The molecule has 0 aliphatic rings. The van der Waals surface area contributed by atoms with E-state index in [-0.39, 0.29) is 0 Å². The summed E-state index contributed by atoms with van der Waals surface area (Å²) in [6.07, 6.45) is 0. The number of methoxy groups -OCH3 is 1. The molecule has 4 nitrogen and oxygen atoms in total. The fourth-order valence-electron chi connectivity index (χ4n) is 2.19. The average Bonchev–Trinajstić information content (AvgIpc) is 2.88. The Labute approximate surface area is 142 Å². The normalized spacial score (nSPS) is 10.7. The molecule has 0 aliphatic heterocycles. The first-order chi connectivity index (χ1) is 10.6. The molecular formula is C15H11Cl2N3OS. The molecule has 22 heavy (non-hydrogen) atoms. The van der Waals surface area contributed by atoms with Crippen LogP contribution in [0.15, 0.2) is 42.5 Å². The van der Waals surface area contributed by atoms with Crippen molar-refractivity contribution >= 4 is 35.4 Å². The lowest BCUT2D eigenvalue weighted by Gasteiger charge is -2.12. The fourth-order valence-corrected chi connectivity index (χ4v) is 2.91. The Balaban J connectivity index is 2.27. The van der Waals surface area contributed by atoms with Gasteiger partial charge in [-0.25, -0.2) is 0 Å². The number of hydrogen-bond acceptors (Lipinski definition) is 3. The second-order valence-corrected chi connectivity index (χ2v) is 5.71. The lowest BCUT2D eigenvalue weighted by atomic mass is 10.2. The monoisotopic (exact) mass is 351 g/mol. The molecule has 3 rings (SSSR count). The Hall–Kier alpha value is -1.82. The largest absolute Gasteiger partial charge is 0.495 e. The maximum atomic E-state index is 6.29. The van der Waals surface area contributed by atoms with Crippen LogP contribution in [-0.4, -0.2) is 21.9 Å². The first-order valence-electron chi connectivity index (χ1n) is 6.38. The number of aromatic amines is 1. The summed E-state index contributed by atoms with van der Waals surface area (Å²) >= 11 is 17.6. The first-order valence-corrected chi connectivity index (χ1v) is 7.54. The summed E-state index contributed by atoms with van der Waals surface area (Å²) in [6, 6.07) is 12.8. The van der Waals surface area contributed by atoms with Gasteiger partial charge in [0.15, 0.2) is 10.6 Å². The molecule has 112 valence electrons. The fraction of sp³-hybridized carbons (Fsp3) is 0.0667. The van der Waals surface area contributed by atoms with E-state index in [2.05, 4.69) is 10.2 Å². The molecule has 0 spiro atoms. The molecule has 0 bridgehead atoms. The number of rotatable bonds is 3. The van der Waals surface area contributed by atoms with Crippen LogP contribution in [-0.2, 0) is 0 Å². The van der Waals surface area contributed by atoms with E-state index in [1.165, 1.54) is 0 Å². The standard InChI is InChI=1S/C15H11Cl2N3OS/c1-21-13-5-3-2-4-12(13)20-14(18-19-15(20)22)10-7-6-9(16)8-11(10)17/h2-8H,1H3,(H,19,22). The van der Waals surface area contributed by atoms with Crippen molar-refractivity contribution in [2.75, 3.05) is 7.11 Å². The topological polar surface area (TPSA) is 42.8 Å². The van der Waals surface area contributed by atoms with E-state index >= 15 is 0 Å². The van der Waals surface area contributed by atoms with E-state index < -0.39 is 0 Å². The molecule has 1 aromatic heterocycles. The molecule has 2 aromatic carbocycles. The predicted molar refractivity (Wildman–Crippen MR) is 90.8 cm³/mol. The zero-order valence-corrected chi connectivity index (χ0v) is 13.8. The minimum Gasteiger partial charge on any atom is -0.495 e. The van der Waals surface area contributed by atoms with Crippen LogP contribution in [0.4, 0.5) is 0 Å². The lowest BCUT2D eigenvalue weighted by Crippen LogP contribution is -2.01. The van der Waals surface area contributed by atoms with Gasteiger partial charge in [-0.05, 0) is 42.5 Å². The number of hydrogen-bond donors (Lipinski definition) is 1. The van der Waals surface area contributed by atoms with Crippen LogP contribution in [0.3, 0.4) is 0 Å². The van der Waals surface area contributed by atoms with Crippen molar-refractivity contribution in [2.45, 2.75) is 0 Å². The third kappa shape index (κ3) is 2.63. The van der Waals surface area contributed by atoms with Gasteiger partial charge >= 0.3 is 0 Å². The Morgan fingerprint density at radius 2 is 1.95 bits per heavy atom. The number of para-hydroxylation sites is 2. The van der Waals surface area contributed by atoms with Crippen molar-refractivity contribution in [2.24, 2.45) is 0 Å². The van der Waals surface area contributed by atoms with Crippen LogP contribution in [0.25, 0.3) is 17.1 Å². The molecule has 0 atom stereocenters. The number of halogens is 2. The summed E-state index contributed by atoms with van der Waals surface area (Å²) in [5.74, 6) is 1.28. The number of ether oxygens (including phenoxy) is 1. The minimum atomic E-state index is 0.450. The summed E-state index contributed by atoms with van der Waals surface area (Å²) in [7, 11) is 1.61. The van der Waals surface area contributed by atoms with Crippen molar-refractivity contribution in [1.82, 2.24) is 14.8 Å². The van der Waals surface area contributed by atoms with Gasteiger partial charge in [0.05, 0.1) is 17.8 Å². The Kier molecular flexibility index (Phi) is 4.20. The average molecular weight is 352 g/mol. The maximum Gasteiger partial charge on any atom is 0.200 e. The summed E-state index contributed by atoms with van der Waals surface area (Å²) < 4.78 is 7.63.